The maximum atomic E-state index is 13.8. The molecule has 0 aliphatic carbocycles. The van der Waals surface area contributed by atoms with Gasteiger partial charge in [0, 0.05) is 30.2 Å². The van der Waals surface area contributed by atoms with E-state index in [1.54, 1.807) is 24.3 Å². The van der Waals surface area contributed by atoms with Crippen molar-refractivity contribution in [1.29, 1.82) is 0 Å². The number of para-hydroxylation sites is 1. The fourth-order valence-corrected chi connectivity index (χ4v) is 2.43. The summed E-state index contributed by atoms with van der Waals surface area (Å²) in [5, 5.41) is 7.90. The molecule has 0 atom stereocenters. The molecule has 2 amide bonds. The second kappa shape index (κ2) is 8.26. The van der Waals surface area contributed by atoms with Crippen molar-refractivity contribution in [3.05, 3.63) is 78.1 Å². The van der Waals surface area contributed by atoms with E-state index in [2.05, 4.69) is 20.9 Å². The zero-order chi connectivity index (χ0) is 20.1. The lowest BCUT2D eigenvalue weighted by atomic mass is 10.2. The van der Waals surface area contributed by atoms with Crippen LogP contribution in [-0.2, 0) is 4.79 Å². The molecular formula is C20H16F2N4O2. The Balaban J connectivity index is 1.72. The number of nitrogens with zero attached hydrogens (tertiary/aromatic N) is 1. The number of benzene rings is 2. The van der Waals surface area contributed by atoms with Gasteiger partial charge in [-0.15, -0.1) is 0 Å². The molecule has 0 saturated heterocycles. The van der Waals surface area contributed by atoms with Crippen molar-refractivity contribution in [2.45, 2.75) is 6.92 Å². The molecule has 28 heavy (non-hydrogen) atoms. The Morgan fingerprint density at radius 3 is 2.07 bits per heavy atom. The summed E-state index contributed by atoms with van der Waals surface area (Å²) < 4.78 is 27.5. The van der Waals surface area contributed by atoms with Gasteiger partial charge < -0.3 is 16.0 Å². The number of amides is 2. The molecular weight excluding hydrogens is 366 g/mol. The molecule has 6 nitrogen and oxygen atoms in total. The molecule has 8 heteroatoms. The number of nitrogens with one attached hydrogen (secondary N) is 3. The van der Waals surface area contributed by atoms with E-state index < -0.39 is 17.5 Å². The van der Waals surface area contributed by atoms with Crippen LogP contribution in [0.3, 0.4) is 0 Å². The number of halogens is 2. The fourth-order valence-electron chi connectivity index (χ4n) is 2.43. The van der Waals surface area contributed by atoms with Gasteiger partial charge in [0.1, 0.15) is 23.0 Å². The van der Waals surface area contributed by atoms with Gasteiger partial charge in [-0.05, 0) is 48.5 Å². The predicted molar refractivity (Wildman–Crippen MR) is 103 cm³/mol. The molecule has 1 aromatic heterocycles. The van der Waals surface area contributed by atoms with Crippen LogP contribution in [0.5, 0.6) is 0 Å². The number of aromatic nitrogens is 1. The van der Waals surface area contributed by atoms with Gasteiger partial charge in [0.25, 0.3) is 5.91 Å². The van der Waals surface area contributed by atoms with Crippen LogP contribution in [0.4, 0.5) is 31.5 Å². The van der Waals surface area contributed by atoms with Crippen molar-refractivity contribution in [3.8, 4) is 0 Å². The minimum Gasteiger partial charge on any atom is -0.351 e. The first kappa shape index (κ1) is 19.0. The highest BCUT2D eigenvalue weighted by Crippen LogP contribution is 2.23. The van der Waals surface area contributed by atoms with Crippen molar-refractivity contribution < 1.29 is 18.4 Å². The quantitative estimate of drug-likeness (QED) is 0.614. The minimum atomic E-state index is -0.748. The fraction of sp³-hybridized carbons (Fsp3) is 0.0500. The number of hydrogen-bond donors (Lipinski definition) is 3. The number of hydrogen-bond acceptors (Lipinski definition) is 4. The molecule has 0 aliphatic heterocycles. The van der Waals surface area contributed by atoms with Gasteiger partial charge >= 0.3 is 0 Å². The van der Waals surface area contributed by atoms with Gasteiger partial charge in [-0.25, -0.2) is 8.78 Å². The first-order valence-corrected chi connectivity index (χ1v) is 8.28. The van der Waals surface area contributed by atoms with Gasteiger partial charge in [-0.1, -0.05) is 6.07 Å². The maximum absolute atomic E-state index is 13.8. The van der Waals surface area contributed by atoms with Crippen molar-refractivity contribution in [2.75, 3.05) is 16.0 Å². The van der Waals surface area contributed by atoms with E-state index in [1.807, 2.05) is 0 Å². The van der Waals surface area contributed by atoms with Crippen LogP contribution in [0.2, 0.25) is 0 Å². The second-order valence-corrected chi connectivity index (χ2v) is 5.86. The summed E-state index contributed by atoms with van der Waals surface area (Å²) in [5.74, 6) is -2.19. The third-order valence-corrected chi connectivity index (χ3v) is 3.69. The largest absolute Gasteiger partial charge is 0.351 e. The summed E-state index contributed by atoms with van der Waals surface area (Å²) in [4.78, 5) is 27.4. The Morgan fingerprint density at radius 2 is 1.46 bits per heavy atom. The zero-order valence-corrected chi connectivity index (χ0v) is 14.8. The second-order valence-electron chi connectivity index (χ2n) is 5.86. The standard InChI is InChI=1S/C20H16F2N4O2/c1-12(27)24-13-5-7-14(8-6-13)26-20(28)18-11-15(9-10-23-18)25-19-16(21)3-2-4-17(19)22/h2-11H,1H3,(H,23,25)(H,24,27)(H,26,28). The lowest BCUT2D eigenvalue weighted by Crippen LogP contribution is -2.14. The molecule has 0 unspecified atom stereocenters. The summed E-state index contributed by atoms with van der Waals surface area (Å²) in [5.41, 5.74) is 1.16. The summed E-state index contributed by atoms with van der Waals surface area (Å²) in [6, 6.07) is 12.9. The smallest absolute Gasteiger partial charge is 0.274 e. The van der Waals surface area contributed by atoms with Crippen molar-refractivity contribution in [2.24, 2.45) is 0 Å². The Labute approximate surface area is 159 Å². The van der Waals surface area contributed by atoms with Crippen LogP contribution >= 0.6 is 0 Å². The number of pyridine rings is 1. The third-order valence-electron chi connectivity index (χ3n) is 3.69. The van der Waals surface area contributed by atoms with Crippen LogP contribution < -0.4 is 16.0 Å². The van der Waals surface area contributed by atoms with E-state index in [0.717, 1.165) is 12.1 Å². The summed E-state index contributed by atoms with van der Waals surface area (Å²) >= 11 is 0. The average Bonchev–Trinajstić information content (AvgIpc) is 2.66. The van der Waals surface area contributed by atoms with Gasteiger partial charge in [0.2, 0.25) is 5.91 Å². The highest BCUT2D eigenvalue weighted by molar-refractivity contribution is 6.03. The molecule has 2 aromatic carbocycles. The van der Waals surface area contributed by atoms with E-state index in [1.165, 1.54) is 31.3 Å². The summed E-state index contributed by atoms with van der Waals surface area (Å²) in [6.45, 7) is 1.40. The number of carbonyl (C=O) groups is 2. The number of anilines is 4. The van der Waals surface area contributed by atoms with E-state index >= 15 is 0 Å². The SMILES string of the molecule is CC(=O)Nc1ccc(NC(=O)c2cc(Nc3c(F)cccc3F)ccn2)cc1. The van der Waals surface area contributed by atoms with Crippen molar-refractivity contribution in [1.82, 2.24) is 4.98 Å². The van der Waals surface area contributed by atoms with Crippen molar-refractivity contribution >= 4 is 34.6 Å². The van der Waals surface area contributed by atoms with E-state index in [4.69, 9.17) is 0 Å². The first-order chi connectivity index (χ1) is 13.4. The molecule has 0 aliphatic rings. The third kappa shape index (κ3) is 4.67. The molecule has 0 bridgehead atoms. The molecule has 3 rings (SSSR count). The predicted octanol–water partition coefficient (Wildman–Crippen LogP) is 4.31. The summed E-state index contributed by atoms with van der Waals surface area (Å²) in [6.07, 6.45) is 1.36. The number of rotatable bonds is 5. The van der Waals surface area contributed by atoms with Crippen molar-refractivity contribution in [3.63, 3.8) is 0 Å². The molecule has 0 radical (unpaired) electrons. The maximum Gasteiger partial charge on any atom is 0.274 e. The van der Waals surface area contributed by atoms with Gasteiger partial charge in [-0.3, -0.25) is 14.6 Å². The Hall–Kier alpha value is -3.81. The van der Waals surface area contributed by atoms with Crippen LogP contribution in [0.15, 0.2) is 60.8 Å². The lowest BCUT2D eigenvalue weighted by Gasteiger charge is -2.10. The molecule has 0 fully saturated rings. The van der Waals surface area contributed by atoms with E-state index in [-0.39, 0.29) is 17.3 Å². The Kier molecular flexibility index (Phi) is 5.59. The zero-order valence-electron chi connectivity index (χ0n) is 14.8. The van der Waals surface area contributed by atoms with Crippen LogP contribution in [0, 0.1) is 11.6 Å². The number of carbonyl (C=O) groups excluding carboxylic acids is 2. The van der Waals surface area contributed by atoms with E-state index in [0.29, 0.717) is 17.1 Å². The average molecular weight is 382 g/mol. The van der Waals surface area contributed by atoms with Crippen LogP contribution in [-0.4, -0.2) is 16.8 Å². The van der Waals surface area contributed by atoms with Crippen LogP contribution in [0.25, 0.3) is 0 Å². The van der Waals surface area contributed by atoms with Crippen LogP contribution in [0.1, 0.15) is 17.4 Å². The monoisotopic (exact) mass is 382 g/mol. The first-order valence-electron chi connectivity index (χ1n) is 8.28. The van der Waals surface area contributed by atoms with E-state index in [9.17, 15) is 18.4 Å². The Morgan fingerprint density at radius 1 is 0.857 bits per heavy atom. The molecule has 3 aromatic rings. The normalized spacial score (nSPS) is 10.2. The topological polar surface area (TPSA) is 83.1 Å². The minimum absolute atomic E-state index is 0.0627. The molecule has 1 heterocycles. The van der Waals surface area contributed by atoms with Gasteiger partial charge in [0.05, 0.1) is 0 Å². The lowest BCUT2D eigenvalue weighted by molar-refractivity contribution is -0.114. The molecule has 0 saturated carbocycles. The molecule has 0 spiro atoms. The highest BCUT2D eigenvalue weighted by atomic mass is 19.1. The highest BCUT2D eigenvalue weighted by Gasteiger charge is 2.12. The Bertz CT molecular complexity index is 1000. The molecule has 3 N–H and O–H groups in total. The van der Waals surface area contributed by atoms with Gasteiger partial charge in [-0.2, -0.15) is 0 Å². The van der Waals surface area contributed by atoms with Gasteiger partial charge in [0.15, 0.2) is 0 Å². The summed E-state index contributed by atoms with van der Waals surface area (Å²) in [7, 11) is 0. The molecule has 142 valence electrons.